The minimum absolute atomic E-state index is 0.205. The van der Waals surface area contributed by atoms with Crippen LogP contribution >= 0.6 is 0 Å². The molecule has 0 radical (unpaired) electrons. The molecular weight excluding hydrogens is 204 g/mol. The monoisotopic (exact) mass is 230 g/mol. The topological polar surface area (TPSA) is 47.7 Å². The molecule has 1 aliphatic carbocycles. The average Bonchev–Trinajstić information content (AvgIpc) is 2.22. The molecule has 0 aromatic carbocycles. The van der Waals surface area contributed by atoms with Gasteiger partial charge in [-0.15, -0.1) is 0 Å². The van der Waals surface area contributed by atoms with E-state index >= 15 is 0 Å². The first-order valence-corrected chi connectivity index (χ1v) is 6.15. The first-order valence-electron chi connectivity index (χ1n) is 6.15. The summed E-state index contributed by atoms with van der Waals surface area (Å²) < 4.78 is 10.4. The fraction of sp³-hybridized carbons (Fsp3) is 1.00. The van der Waals surface area contributed by atoms with Gasteiger partial charge < -0.3 is 15.2 Å². The van der Waals surface area contributed by atoms with Gasteiger partial charge in [0.15, 0.2) is 0 Å². The normalized spacial score (nSPS) is 20.8. The first-order chi connectivity index (χ1) is 7.70. The lowest BCUT2D eigenvalue weighted by Crippen LogP contribution is -2.62. The fourth-order valence-corrected chi connectivity index (χ4v) is 2.64. The lowest BCUT2D eigenvalue weighted by molar-refractivity contribution is -0.0403. The molecule has 0 bridgehead atoms. The minimum Gasteiger partial charge on any atom is -0.383 e. The van der Waals surface area contributed by atoms with Gasteiger partial charge in [-0.1, -0.05) is 0 Å². The highest BCUT2D eigenvalue weighted by molar-refractivity contribution is 5.00. The second-order valence-corrected chi connectivity index (χ2v) is 4.77. The largest absolute Gasteiger partial charge is 0.383 e. The Labute approximate surface area is 99.1 Å². The van der Waals surface area contributed by atoms with Crippen LogP contribution in [0.25, 0.3) is 0 Å². The molecule has 16 heavy (non-hydrogen) atoms. The summed E-state index contributed by atoms with van der Waals surface area (Å²) in [5.74, 6) is 0. The summed E-state index contributed by atoms with van der Waals surface area (Å²) >= 11 is 0. The van der Waals surface area contributed by atoms with E-state index in [0.717, 1.165) is 26.3 Å². The molecule has 2 N–H and O–H groups in total. The molecule has 1 rings (SSSR count). The Morgan fingerprint density at radius 1 is 1.31 bits per heavy atom. The Balaban J connectivity index is 2.61. The van der Waals surface area contributed by atoms with E-state index < -0.39 is 0 Å². The molecule has 0 saturated heterocycles. The van der Waals surface area contributed by atoms with Crippen LogP contribution in [-0.4, -0.2) is 57.0 Å². The van der Waals surface area contributed by atoms with Crippen molar-refractivity contribution in [1.29, 1.82) is 0 Å². The third-order valence-corrected chi connectivity index (χ3v) is 3.75. The Hall–Kier alpha value is -0.160. The van der Waals surface area contributed by atoms with E-state index in [1.165, 1.54) is 19.3 Å². The van der Waals surface area contributed by atoms with Crippen molar-refractivity contribution < 1.29 is 9.47 Å². The molecular formula is C12H26N2O2. The average molecular weight is 230 g/mol. The van der Waals surface area contributed by atoms with E-state index in [1.807, 2.05) is 0 Å². The van der Waals surface area contributed by atoms with Gasteiger partial charge in [0.2, 0.25) is 0 Å². The maximum Gasteiger partial charge on any atom is 0.0615 e. The van der Waals surface area contributed by atoms with Gasteiger partial charge in [0.05, 0.1) is 13.2 Å². The lowest BCUT2D eigenvalue weighted by atomic mass is 9.74. The van der Waals surface area contributed by atoms with Crippen molar-refractivity contribution >= 4 is 0 Å². The van der Waals surface area contributed by atoms with Gasteiger partial charge in [-0.3, -0.25) is 4.90 Å². The second-order valence-electron chi connectivity index (χ2n) is 4.77. The van der Waals surface area contributed by atoms with Gasteiger partial charge in [0.25, 0.3) is 0 Å². The summed E-state index contributed by atoms with van der Waals surface area (Å²) in [5, 5.41) is 0. The van der Waals surface area contributed by atoms with Gasteiger partial charge >= 0.3 is 0 Å². The number of nitrogens with two attached hydrogens (primary N) is 1. The van der Waals surface area contributed by atoms with Crippen molar-refractivity contribution in [2.24, 2.45) is 5.73 Å². The molecule has 4 nitrogen and oxygen atoms in total. The number of rotatable bonds is 8. The maximum atomic E-state index is 5.95. The van der Waals surface area contributed by atoms with Crippen LogP contribution < -0.4 is 5.73 Å². The second kappa shape index (κ2) is 6.55. The van der Waals surface area contributed by atoms with Crippen molar-refractivity contribution in [3.8, 4) is 0 Å². The maximum absolute atomic E-state index is 5.95. The summed E-state index contributed by atoms with van der Waals surface area (Å²) in [6.07, 6.45) is 3.71. The molecule has 1 saturated carbocycles. The van der Waals surface area contributed by atoms with Crippen LogP contribution in [0.2, 0.25) is 0 Å². The van der Waals surface area contributed by atoms with Gasteiger partial charge in [-0.05, 0) is 26.2 Å². The first kappa shape index (κ1) is 13.9. The molecule has 0 amide bonds. The van der Waals surface area contributed by atoms with Gasteiger partial charge in [-0.25, -0.2) is 0 Å². The van der Waals surface area contributed by atoms with E-state index in [2.05, 4.69) is 11.8 Å². The molecule has 1 unspecified atom stereocenters. The smallest absolute Gasteiger partial charge is 0.0615 e. The minimum atomic E-state index is 0.205. The van der Waals surface area contributed by atoms with Crippen LogP contribution in [0.3, 0.4) is 0 Å². The Morgan fingerprint density at radius 2 is 2.00 bits per heavy atom. The zero-order valence-electron chi connectivity index (χ0n) is 10.9. The van der Waals surface area contributed by atoms with Crippen LogP contribution in [0, 0.1) is 0 Å². The number of ether oxygens (including phenoxy) is 2. The van der Waals surface area contributed by atoms with Crippen molar-refractivity contribution in [2.75, 3.05) is 40.5 Å². The van der Waals surface area contributed by atoms with Crippen LogP contribution in [0.5, 0.6) is 0 Å². The predicted octanol–water partition coefficient (Wildman–Crippen LogP) is 0.851. The fourth-order valence-electron chi connectivity index (χ4n) is 2.64. The molecule has 4 heteroatoms. The SMILES string of the molecule is COCCN(C(C)COC)C1(CN)CCC1. The predicted molar refractivity (Wildman–Crippen MR) is 65.6 cm³/mol. The van der Waals surface area contributed by atoms with Crippen LogP contribution in [0.4, 0.5) is 0 Å². The highest BCUT2D eigenvalue weighted by Crippen LogP contribution is 2.37. The number of hydrogen-bond donors (Lipinski definition) is 1. The molecule has 0 spiro atoms. The summed E-state index contributed by atoms with van der Waals surface area (Å²) in [7, 11) is 3.50. The van der Waals surface area contributed by atoms with E-state index in [-0.39, 0.29) is 5.54 Å². The quantitative estimate of drug-likeness (QED) is 0.671. The summed E-state index contributed by atoms with van der Waals surface area (Å²) in [6.45, 7) is 5.40. The molecule has 0 aromatic heterocycles. The highest BCUT2D eigenvalue weighted by atomic mass is 16.5. The Morgan fingerprint density at radius 3 is 2.38 bits per heavy atom. The van der Waals surface area contributed by atoms with Gasteiger partial charge in [0.1, 0.15) is 0 Å². The van der Waals surface area contributed by atoms with Crippen LogP contribution in [0.1, 0.15) is 26.2 Å². The zero-order chi connectivity index (χ0) is 12.0. The Kier molecular flexibility index (Phi) is 5.69. The van der Waals surface area contributed by atoms with E-state index in [4.69, 9.17) is 15.2 Å². The van der Waals surface area contributed by atoms with E-state index in [9.17, 15) is 0 Å². The third kappa shape index (κ3) is 2.94. The zero-order valence-corrected chi connectivity index (χ0v) is 10.9. The summed E-state index contributed by atoms with van der Waals surface area (Å²) in [6, 6.07) is 0.406. The molecule has 0 aromatic rings. The Bertz CT molecular complexity index is 190. The van der Waals surface area contributed by atoms with E-state index in [1.54, 1.807) is 14.2 Å². The molecule has 0 heterocycles. The van der Waals surface area contributed by atoms with Crippen molar-refractivity contribution in [3.63, 3.8) is 0 Å². The standard InChI is InChI=1S/C12H26N2O2/c1-11(9-16-3)14(7-8-15-2)12(10-13)5-4-6-12/h11H,4-10,13H2,1-3H3. The van der Waals surface area contributed by atoms with Crippen molar-refractivity contribution in [3.05, 3.63) is 0 Å². The lowest BCUT2D eigenvalue weighted by Gasteiger charge is -2.52. The van der Waals surface area contributed by atoms with Gasteiger partial charge in [0, 0.05) is 38.9 Å². The number of hydrogen-bond acceptors (Lipinski definition) is 4. The highest BCUT2D eigenvalue weighted by Gasteiger charge is 2.42. The summed E-state index contributed by atoms with van der Waals surface area (Å²) in [4.78, 5) is 2.48. The van der Waals surface area contributed by atoms with Crippen molar-refractivity contribution in [2.45, 2.75) is 37.8 Å². The summed E-state index contributed by atoms with van der Waals surface area (Å²) in [5.41, 5.74) is 6.16. The molecule has 1 fully saturated rings. The molecule has 0 aliphatic heterocycles. The van der Waals surface area contributed by atoms with Crippen LogP contribution in [-0.2, 0) is 9.47 Å². The number of nitrogens with zero attached hydrogens (tertiary/aromatic N) is 1. The number of methoxy groups -OCH3 is 2. The van der Waals surface area contributed by atoms with E-state index in [0.29, 0.717) is 6.04 Å². The molecule has 96 valence electrons. The van der Waals surface area contributed by atoms with Crippen molar-refractivity contribution in [1.82, 2.24) is 4.90 Å². The van der Waals surface area contributed by atoms with Gasteiger partial charge in [-0.2, -0.15) is 0 Å². The van der Waals surface area contributed by atoms with Crippen LogP contribution in [0.15, 0.2) is 0 Å². The molecule has 1 aliphatic rings. The third-order valence-electron chi connectivity index (χ3n) is 3.75. The molecule has 1 atom stereocenters.